The van der Waals surface area contributed by atoms with Crippen molar-refractivity contribution in [2.24, 2.45) is 5.16 Å². The van der Waals surface area contributed by atoms with Crippen molar-refractivity contribution in [3.05, 3.63) is 47.0 Å². The molecule has 0 spiro atoms. The van der Waals surface area contributed by atoms with E-state index in [4.69, 9.17) is 16.4 Å². The van der Waals surface area contributed by atoms with Gasteiger partial charge in [-0.05, 0) is 12.1 Å². The first-order chi connectivity index (χ1) is 15.4. The normalized spacial score (nSPS) is 17.6. The van der Waals surface area contributed by atoms with E-state index in [1.165, 1.54) is 12.5 Å². The minimum absolute atomic E-state index is 0.118. The summed E-state index contributed by atoms with van der Waals surface area (Å²) in [5, 5.41) is 15.8. The van der Waals surface area contributed by atoms with Crippen molar-refractivity contribution >= 4 is 57.4 Å². The number of hydrogen-bond acceptors (Lipinski definition) is 8. The summed E-state index contributed by atoms with van der Waals surface area (Å²) in [6.07, 6.45) is 0. The van der Waals surface area contributed by atoms with Gasteiger partial charge in [0.15, 0.2) is 10.8 Å². The van der Waals surface area contributed by atoms with Crippen LogP contribution in [0.2, 0.25) is 0 Å². The average molecular weight is 479 g/mol. The number of oxime groups is 1. The SMILES string of the molecule is CON=C(C(=O)N[C@H]1C(=O)N[C@H]1CNC(=O)c1ccccc1)c1csc(NC(=O)CCl)n1. The van der Waals surface area contributed by atoms with Gasteiger partial charge in [0, 0.05) is 17.5 Å². The highest BCUT2D eigenvalue weighted by Gasteiger charge is 2.41. The van der Waals surface area contributed by atoms with Crippen LogP contribution in [0.25, 0.3) is 0 Å². The van der Waals surface area contributed by atoms with Crippen molar-refractivity contribution in [1.29, 1.82) is 0 Å². The number of halogens is 1. The molecule has 3 rings (SSSR count). The summed E-state index contributed by atoms with van der Waals surface area (Å²) in [7, 11) is 1.26. The molecule has 1 saturated heterocycles. The van der Waals surface area contributed by atoms with Crippen LogP contribution in [0.3, 0.4) is 0 Å². The molecule has 0 saturated carbocycles. The number of thiazole rings is 1. The maximum atomic E-state index is 12.7. The van der Waals surface area contributed by atoms with E-state index in [-0.39, 0.29) is 34.9 Å². The zero-order chi connectivity index (χ0) is 23.1. The molecule has 4 amide bonds. The molecule has 2 heterocycles. The molecular formula is C19H19ClN6O5S. The van der Waals surface area contributed by atoms with Gasteiger partial charge in [-0.25, -0.2) is 4.98 Å². The fourth-order valence-corrected chi connectivity index (χ4v) is 3.55. The van der Waals surface area contributed by atoms with E-state index in [0.717, 1.165) is 11.3 Å². The van der Waals surface area contributed by atoms with Gasteiger partial charge < -0.3 is 26.1 Å². The van der Waals surface area contributed by atoms with Crippen molar-refractivity contribution in [2.75, 3.05) is 24.9 Å². The van der Waals surface area contributed by atoms with Crippen LogP contribution >= 0.6 is 22.9 Å². The van der Waals surface area contributed by atoms with Crippen LogP contribution < -0.4 is 21.3 Å². The van der Waals surface area contributed by atoms with E-state index in [9.17, 15) is 19.2 Å². The monoisotopic (exact) mass is 478 g/mol. The fourth-order valence-electron chi connectivity index (χ4n) is 2.77. The summed E-state index contributed by atoms with van der Waals surface area (Å²) in [4.78, 5) is 57.2. The van der Waals surface area contributed by atoms with E-state index in [0.29, 0.717) is 5.56 Å². The van der Waals surface area contributed by atoms with Crippen LogP contribution in [0.5, 0.6) is 0 Å². The van der Waals surface area contributed by atoms with Crippen molar-refractivity contribution in [3.8, 4) is 0 Å². The molecule has 1 aliphatic heterocycles. The van der Waals surface area contributed by atoms with Gasteiger partial charge in [-0.15, -0.1) is 22.9 Å². The number of nitrogens with zero attached hydrogens (tertiary/aromatic N) is 2. The lowest BCUT2D eigenvalue weighted by molar-refractivity contribution is -0.134. The molecule has 0 radical (unpaired) electrons. The minimum atomic E-state index is -0.880. The van der Waals surface area contributed by atoms with Gasteiger partial charge in [0.05, 0.1) is 6.04 Å². The number of alkyl halides is 1. The van der Waals surface area contributed by atoms with Crippen molar-refractivity contribution < 1.29 is 24.0 Å². The topological polar surface area (TPSA) is 151 Å². The maximum absolute atomic E-state index is 12.7. The summed E-state index contributed by atoms with van der Waals surface area (Å²) < 4.78 is 0. The smallest absolute Gasteiger partial charge is 0.276 e. The third-order valence-corrected chi connectivity index (χ3v) is 5.33. The van der Waals surface area contributed by atoms with Gasteiger partial charge in [-0.3, -0.25) is 19.2 Å². The van der Waals surface area contributed by atoms with Gasteiger partial charge in [0.2, 0.25) is 11.8 Å². The number of amides is 4. The predicted octanol–water partition coefficient (Wildman–Crippen LogP) is 0.0841. The van der Waals surface area contributed by atoms with Gasteiger partial charge >= 0.3 is 0 Å². The standard InChI is InChI=1S/C19H19ClN6O5S/c1-31-26-15(12-9-32-19(23-12)24-13(27)7-20)18(30)25-14-11(22-17(14)29)8-21-16(28)10-5-3-2-4-6-10/h2-6,9,11,14H,7-8H2,1H3,(H,21,28)(H,22,29)(H,25,30)(H,23,24,27)/t11-,14+/m0/s1. The zero-order valence-electron chi connectivity index (χ0n) is 16.8. The molecule has 1 aromatic heterocycles. The van der Waals surface area contributed by atoms with E-state index in [2.05, 4.69) is 31.4 Å². The van der Waals surface area contributed by atoms with Crippen LogP contribution in [0, 0.1) is 0 Å². The van der Waals surface area contributed by atoms with Gasteiger partial charge in [0.25, 0.3) is 11.8 Å². The summed E-state index contributed by atoms with van der Waals surface area (Å²) in [6, 6.07) is 7.23. The summed E-state index contributed by atoms with van der Waals surface area (Å²) in [5.41, 5.74) is 0.448. The molecule has 13 heteroatoms. The molecule has 1 aliphatic rings. The number of anilines is 1. The maximum Gasteiger partial charge on any atom is 0.276 e. The quantitative estimate of drug-likeness (QED) is 0.173. The largest absolute Gasteiger partial charge is 0.398 e. The fraction of sp³-hybridized carbons (Fsp3) is 0.263. The van der Waals surface area contributed by atoms with E-state index >= 15 is 0 Å². The average Bonchev–Trinajstić information content (AvgIpc) is 3.26. The lowest BCUT2D eigenvalue weighted by Gasteiger charge is -2.37. The number of carbonyl (C=O) groups excluding carboxylic acids is 4. The number of benzene rings is 1. The lowest BCUT2D eigenvalue weighted by Crippen LogP contribution is -2.72. The Morgan fingerprint density at radius 1 is 1.28 bits per heavy atom. The summed E-state index contributed by atoms with van der Waals surface area (Å²) in [5.74, 6) is -2.09. The van der Waals surface area contributed by atoms with Crippen LogP contribution in [0.15, 0.2) is 40.9 Å². The highest BCUT2D eigenvalue weighted by atomic mass is 35.5. The number of carbonyl (C=O) groups is 4. The second-order valence-electron chi connectivity index (χ2n) is 6.48. The number of nitrogens with one attached hydrogen (secondary N) is 4. The molecule has 0 unspecified atom stereocenters. The van der Waals surface area contributed by atoms with Crippen LogP contribution in [0.4, 0.5) is 5.13 Å². The predicted molar refractivity (Wildman–Crippen MR) is 118 cm³/mol. The second-order valence-corrected chi connectivity index (χ2v) is 7.61. The Morgan fingerprint density at radius 2 is 2.03 bits per heavy atom. The summed E-state index contributed by atoms with van der Waals surface area (Å²) in [6.45, 7) is 0.118. The molecule has 11 nitrogen and oxygen atoms in total. The van der Waals surface area contributed by atoms with Crippen molar-refractivity contribution in [3.63, 3.8) is 0 Å². The molecule has 2 aromatic rings. The Morgan fingerprint density at radius 3 is 2.69 bits per heavy atom. The lowest BCUT2D eigenvalue weighted by atomic mass is 9.98. The van der Waals surface area contributed by atoms with Crippen LogP contribution in [-0.4, -0.2) is 65.9 Å². The van der Waals surface area contributed by atoms with Crippen molar-refractivity contribution in [2.45, 2.75) is 12.1 Å². The number of rotatable bonds is 9. The third-order valence-electron chi connectivity index (χ3n) is 4.33. The summed E-state index contributed by atoms with van der Waals surface area (Å²) >= 11 is 6.52. The highest BCUT2D eigenvalue weighted by Crippen LogP contribution is 2.17. The number of aromatic nitrogens is 1. The Bertz CT molecular complexity index is 1040. The minimum Gasteiger partial charge on any atom is -0.398 e. The zero-order valence-corrected chi connectivity index (χ0v) is 18.3. The van der Waals surface area contributed by atoms with Gasteiger partial charge in [-0.2, -0.15) is 0 Å². The molecule has 1 aromatic carbocycles. The molecule has 168 valence electrons. The number of hydrogen-bond donors (Lipinski definition) is 4. The Labute approximate surface area is 191 Å². The van der Waals surface area contributed by atoms with Crippen molar-refractivity contribution in [1.82, 2.24) is 20.9 Å². The second kappa shape index (κ2) is 10.7. The molecule has 0 aliphatic carbocycles. The first-order valence-electron chi connectivity index (χ1n) is 9.30. The van der Waals surface area contributed by atoms with E-state index < -0.39 is 29.8 Å². The molecule has 32 heavy (non-hydrogen) atoms. The molecule has 1 fully saturated rings. The number of β-lactam (4-membered cyclic amide) rings is 1. The first kappa shape index (κ1) is 23.2. The van der Waals surface area contributed by atoms with Gasteiger partial charge in [-0.1, -0.05) is 23.4 Å². The van der Waals surface area contributed by atoms with Crippen LogP contribution in [-0.2, 0) is 19.2 Å². The van der Waals surface area contributed by atoms with Gasteiger partial charge in [0.1, 0.15) is 24.7 Å². The highest BCUT2D eigenvalue weighted by molar-refractivity contribution is 7.14. The molecule has 0 bridgehead atoms. The van der Waals surface area contributed by atoms with E-state index in [1.807, 2.05) is 0 Å². The Hall–Kier alpha value is -3.51. The molecule has 4 N–H and O–H groups in total. The molecular weight excluding hydrogens is 460 g/mol. The first-order valence-corrected chi connectivity index (χ1v) is 10.7. The Balaban J connectivity index is 1.61. The van der Waals surface area contributed by atoms with Crippen LogP contribution in [0.1, 0.15) is 16.1 Å². The Kier molecular flexibility index (Phi) is 7.73. The molecule has 2 atom stereocenters. The van der Waals surface area contributed by atoms with E-state index in [1.54, 1.807) is 30.3 Å². The third kappa shape index (κ3) is 5.59.